The van der Waals surface area contributed by atoms with Crippen LogP contribution in [-0.4, -0.2) is 24.3 Å². The van der Waals surface area contributed by atoms with Crippen LogP contribution in [0.15, 0.2) is 0 Å². The van der Waals surface area contributed by atoms with Gasteiger partial charge in [-0.25, -0.2) is 0 Å². The van der Waals surface area contributed by atoms with Crippen LogP contribution in [0.1, 0.15) is 40.5 Å². The molecule has 1 aliphatic rings. The summed E-state index contributed by atoms with van der Waals surface area (Å²) < 4.78 is 11.1. The molecule has 0 unspecified atom stereocenters. The molecule has 1 heterocycles. The molecule has 1 saturated heterocycles. The summed E-state index contributed by atoms with van der Waals surface area (Å²) in [6.07, 6.45) is 1.42. The van der Waals surface area contributed by atoms with Gasteiger partial charge in [0.15, 0.2) is 5.79 Å². The molecule has 0 aliphatic carbocycles. The minimum Gasteiger partial charge on any atom is -0.350 e. The Morgan fingerprint density at radius 3 is 2.71 bits per heavy atom. The second kappa shape index (κ2) is 4.41. The van der Waals surface area contributed by atoms with Crippen LogP contribution >= 0.6 is 0 Å². The van der Waals surface area contributed by atoms with Crippen molar-refractivity contribution in [3.63, 3.8) is 0 Å². The van der Waals surface area contributed by atoms with Gasteiger partial charge < -0.3 is 9.47 Å². The summed E-state index contributed by atoms with van der Waals surface area (Å²) in [5.74, 6) is -0.276. The zero-order chi connectivity index (χ0) is 10.8. The molecule has 1 rings (SSSR count). The van der Waals surface area contributed by atoms with Crippen LogP contribution in [0.5, 0.6) is 0 Å². The zero-order valence-corrected chi connectivity index (χ0v) is 9.50. The number of ether oxygens (including phenoxy) is 2. The van der Waals surface area contributed by atoms with Crippen LogP contribution in [0.25, 0.3) is 0 Å². The lowest BCUT2D eigenvalue weighted by Gasteiger charge is -2.38. The van der Waals surface area contributed by atoms with Gasteiger partial charge in [-0.3, -0.25) is 4.79 Å². The van der Waals surface area contributed by atoms with Crippen molar-refractivity contribution in [2.45, 2.75) is 52.4 Å². The molecule has 0 aromatic heterocycles. The summed E-state index contributed by atoms with van der Waals surface area (Å²) in [7, 11) is 0. The molecule has 1 aliphatic heterocycles. The van der Waals surface area contributed by atoms with Gasteiger partial charge in [0.25, 0.3) is 0 Å². The van der Waals surface area contributed by atoms with Crippen molar-refractivity contribution in [2.75, 3.05) is 6.61 Å². The highest BCUT2D eigenvalue weighted by atomic mass is 16.7. The lowest BCUT2D eigenvalue weighted by atomic mass is 9.95. The summed E-state index contributed by atoms with van der Waals surface area (Å²) in [6, 6.07) is 0. The van der Waals surface area contributed by atoms with Crippen LogP contribution in [0.2, 0.25) is 0 Å². The molecule has 0 radical (unpaired) electrons. The Hall–Kier alpha value is -0.410. The Labute approximate surface area is 85.8 Å². The van der Waals surface area contributed by atoms with Crippen molar-refractivity contribution in [3.05, 3.63) is 0 Å². The molecule has 3 heteroatoms. The van der Waals surface area contributed by atoms with E-state index >= 15 is 0 Å². The fourth-order valence-electron chi connectivity index (χ4n) is 1.76. The largest absolute Gasteiger partial charge is 0.350 e. The molecule has 3 nitrogen and oxygen atoms in total. The number of ketones is 1. The van der Waals surface area contributed by atoms with Crippen molar-refractivity contribution >= 4 is 5.78 Å². The summed E-state index contributed by atoms with van der Waals surface area (Å²) in [5.41, 5.74) is 0. The molecular weight excluding hydrogens is 180 g/mol. The number of carbonyl (C=O) groups excluding carboxylic acids is 1. The van der Waals surface area contributed by atoms with Crippen molar-refractivity contribution in [2.24, 2.45) is 5.92 Å². The van der Waals surface area contributed by atoms with E-state index in [0.29, 0.717) is 13.0 Å². The highest BCUT2D eigenvalue weighted by Gasteiger charge is 2.34. The van der Waals surface area contributed by atoms with Crippen molar-refractivity contribution in [1.82, 2.24) is 0 Å². The maximum absolute atomic E-state index is 11.5. The number of carbonyl (C=O) groups is 1. The van der Waals surface area contributed by atoms with Crippen LogP contribution in [-0.2, 0) is 14.3 Å². The Bertz CT molecular complexity index is 211. The minimum absolute atomic E-state index is 0.0109. The summed E-state index contributed by atoms with van der Waals surface area (Å²) in [6.45, 7) is 8.30. The van der Waals surface area contributed by atoms with Gasteiger partial charge in [0.05, 0.1) is 12.7 Å². The first-order valence-electron chi connectivity index (χ1n) is 5.31. The molecule has 0 bridgehead atoms. The lowest BCUT2D eigenvalue weighted by molar-refractivity contribution is -0.279. The average Bonchev–Trinajstić information content (AvgIpc) is 2.14. The fraction of sp³-hybridized carbons (Fsp3) is 0.909. The van der Waals surface area contributed by atoms with Gasteiger partial charge in [-0.15, -0.1) is 0 Å². The van der Waals surface area contributed by atoms with Gasteiger partial charge in [0.2, 0.25) is 0 Å². The molecule has 0 aromatic carbocycles. The van der Waals surface area contributed by atoms with E-state index in [9.17, 15) is 4.79 Å². The van der Waals surface area contributed by atoms with E-state index in [1.807, 2.05) is 27.7 Å². The summed E-state index contributed by atoms with van der Waals surface area (Å²) in [4.78, 5) is 11.5. The van der Waals surface area contributed by atoms with Crippen LogP contribution in [0.4, 0.5) is 0 Å². The molecular formula is C11H20O3. The van der Waals surface area contributed by atoms with Gasteiger partial charge in [0, 0.05) is 12.3 Å². The quantitative estimate of drug-likeness (QED) is 0.700. The van der Waals surface area contributed by atoms with Crippen LogP contribution in [0.3, 0.4) is 0 Å². The molecule has 82 valence electrons. The third kappa shape index (κ3) is 2.79. The predicted molar refractivity (Wildman–Crippen MR) is 54.0 cm³/mol. The van der Waals surface area contributed by atoms with E-state index in [4.69, 9.17) is 9.47 Å². The van der Waals surface area contributed by atoms with Crippen LogP contribution < -0.4 is 0 Å². The Morgan fingerprint density at radius 1 is 1.57 bits per heavy atom. The van der Waals surface area contributed by atoms with Crippen molar-refractivity contribution in [1.29, 1.82) is 0 Å². The van der Waals surface area contributed by atoms with Gasteiger partial charge in [0.1, 0.15) is 5.78 Å². The summed E-state index contributed by atoms with van der Waals surface area (Å²) >= 11 is 0. The van der Waals surface area contributed by atoms with E-state index in [2.05, 4.69) is 0 Å². The molecule has 0 aromatic rings. The van der Waals surface area contributed by atoms with E-state index in [-0.39, 0.29) is 17.8 Å². The Balaban J connectivity index is 2.56. The number of rotatable bonds is 3. The molecule has 0 N–H and O–H groups in total. The lowest BCUT2D eigenvalue weighted by Crippen LogP contribution is -2.44. The smallest absolute Gasteiger partial charge is 0.163 e. The number of hydrogen-bond donors (Lipinski definition) is 0. The molecule has 0 saturated carbocycles. The second-order valence-corrected chi connectivity index (χ2v) is 4.30. The SMILES string of the molecule is CCC(=O)[C@@H](C)[C@H]1CCOC(C)(C)O1. The van der Waals surface area contributed by atoms with Gasteiger partial charge in [-0.2, -0.15) is 0 Å². The molecule has 14 heavy (non-hydrogen) atoms. The number of Topliss-reactive ketones (excluding diaryl/α,β-unsaturated/α-hetero) is 1. The standard InChI is InChI=1S/C11H20O3/c1-5-9(12)8(2)10-6-7-13-11(3,4)14-10/h8,10H,5-7H2,1-4H3/t8-,10-/m1/s1. The fourth-order valence-corrected chi connectivity index (χ4v) is 1.76. The highest BCUT2D eigenvalue weighted by Crippen LogP contribution is 2.27. The van der Waals surface area contributed by atoms with E-state index < -0.39 is 5.79 Å². The predicted octanol–water partition coefficient (Wildman–Crippen LogP) is 2.14. The van der Waals surface area contributed by atoms with Gasteiger partial charge in [-0.05, 0) is 20.3 Å². The van der Waals surface area contributed by atoms with Gasteiger partial charge >= 0.3 is 0 Å². The first-order chi connectivity index (χ1) is 6.46. The maximum Gasteiger partial charge on any atom is 0.163 e. The monoisotopic (exact) mass is 200 g/mol. The van der Waals surface area contributed by atoms with E-state index in [1.165, 1.54) is 0 Å². The highest BCUT2D eigenvalue weighted by molar-refractivity contribution is 5.80. The third-order valence-electron chi connectivity index (χ3n) is 2.70. The molecule has 0 spiro atoms. The first kappa shape index (κ1) is 11.7. The zero-order valence-electron chi connectivity index (χ0n) is 9.50. The maximum atomic E-state index is 11.5. The van der Waals surface area contributed by atoms with Crippen LogP contribution in [0, 0.1) is 5.92 Å². The summed E-state index contributed by atoms with van der Waals surface area (Å²) in [5, 5.41) is 0. The normalized spacial score (nSPS) is 28.4. The number of hydrogen-bond acceptors (Lipinski definition) is 3. The third-order valence-corrected chi connectivity index (χ3v) is 2.70. The molecule has 2 atom stereocenters. The average molecular weight is 200 g/mol. The van der Waals surface area contributed by atoms with Crippen molar-refractivity contribution < 1.29 is 14.3 Å². The van der Waals surface area contributed by atoms with Gasteiger partial charge in [-0.1, -0.05) is 13.8 Å². The Morgan fingerprint density at radius 2 is 2.21 bits per heavy atom. The second-order valence-electron chi connectivity index (χ2n) is 4.30. The molecule has 0 amide bonds. The Kier molecular flexibility index (Phi) is 3.67. The van der Waals surface area contributed by atoms with E-state index in [0.717, 1.165) is 6.42 Å². The van der Waals surface area contributed by atoms with E-state index in [1.54, 1.807) is 0 Å². The molecule has 1 fully saturated rings. The topological polar surface area (TPSA) is 35.5 Å². The minimum atomic E-state index is -0.537. The van der Waals surface area contributed by atoms with Crippen molar-refractivity contribution in [3.8, 4) is 0 Å². The first-order valence-corrected chi connectivity index (χ1v) is 5.31.